The first-order valence-electron chi connectivity index (χ1n) is 10.5. The van der Waals surface area contributed by atoms with Gasteiger partial charge in [0.1, 0.15) is 0 Å². The van der Waals surface area contributed by atoms with Crippen LogP contribution in [0.3, 0.4) is 0 Å². The third kappa shape index (κ3) is 7.50. The fourth-order valence-corrected chi connectivity index (χ4v) is 4.48. The number of nitrogens with zero attached hydrogens (tertiary/aromatic N) is 3. The van der Waals surface area contributed by atoms with E-state index in [2.05, 4.69) is 53.1 Å². The summed E-state index contributed by atoms with van der Waals surface area (Å²) in [6.07, 6.45) is 8.05. The number of hydrogen-bond acceptors (Lipinski definition) is 3. The smallest absolute Gasteiger partial charge is 0.191 e. The Labute approximate surface area is 178 Å². The van der Waals surface area contributed by atoms with Gasteiger partial charge in [-0.3, -0.25) is 14.8 Å². The van der Waals surface area contributed by atoms with E-state index in [0.717, 1.165) is 31.5 Å². The molecule has 0 aromatic heterocycles. The lowest BCUT2D eigenvalue weighted by Crippen LogP contribution is -2.46. The van der Waals surface area contributed by atoms with Crippen LogP contribution in [0.2, 0.25) is 0 Å². The molecule has 0 aromatic carbocycles. The Morgan fingerprint density at radius 1 is 1.12 bits per heavy atom. The average molecular weight is 479 g/mol. The molecule has 0 aromatic rings. The summed E-state index contributed by atoms with van der Waals surface area (Å²) < 4.78 is 0. The van der Waals surface area contributed by atoms with E-state index in [1.807, 2.05) is 7.05 Å². The number of halogens is 1. The first kappa shape index (κ1) is 24.0. The molecule has 6 heteroatoms. The second-order valence-corrected chi connectivity index (χ2v) is 8.34. The summed E-state index contributed by atoms with van der Waals surface area (Å²) >= 11 is 0. The van der Waals surface area contributed by atoms with Crippen molar-refractivity contribution in [3.63, 3.8) is 0 Å². The lowest BCUT2D eigenvalue weighted by Gasteiger charge is -2.30. The van der Waals surface area contributed by atoms with Crippen LogP contribution >= 0.6 is 24.0 Å². The number of nitrogens with one attached hydrogen (secondary N) is 2. The molecule has 1 saturated carbocycles. The Kier molecular flexibility index (Phi) is 11.4. The van der Waals surface area contributed by atoms with E-state index in [1.54, 1.807) is 0 Å². The molecule has 26 heavy (non-hydrogen) atoms. The predicted molar refractivity (Wildman–Crippen MR) is 124 cm³/mol. The zero-order chi connectivity index (χ0) is 18.2. The lowest BCUT2D eigenvalue weighted by molar-refractivity contribution is 0.173. The quantitative estimate of drug-likeness (QED) is 0.243. The van der Waals surface area contributed by atoms with Crippen LogP contribution in [-0.2, 0) is 0 Å². The van der Waals surface area contributed by atoms with Crippen molar-refractivity contribution < 1.29 is 0 Å². The van der Waals surface area contributed by atoms with Gasteiger partial charge in [0.05, 0.1) is 0 Å². The normalized spacial score (nSPS) is 22.5. The van der Waals surface area contributed by atoms with Gasteiger partial charge in [-0.05, 0) is 53.4 Å². The highest BCUT2D eigenvalue weighted by atomic mass is 127. The van der Waals surface area contributed by atoms with Gasteiger partial charge in [-0.15, -0.1) is 24.0 Å². The van der Waals surface area contributed by atoms with Crippen molar-refractivity contribution in [3.8, 4) is 0 Å². The molecule has 1 aliphatic heterocycles. The topological polar surface area (TPSA) is 42.9 Å². The minimum Gasteiger partial charge on any atom is -0.356 e. The minimum atomic E-state index is 0. The minimum absolute atomic E-state index is 0. The maximum atomic E-state index is 4.42. The Hall–Kier alpha value is -0.0800. The molecule has 2 aliphatic rings. The van der Waals surface area contributed by atoms with Gasteiger partial charge >= 0.3 is 0 Å². The second-order valence-electron chi connectivity index (χ2n) is 8.34. The average Bonchev–Trinajstić information content (AvgIpc) is 3.23. The van der Waals surface area contributed by atoms with E-state index in [1.165, 1.54) is 45.2 Å². The molecule has 1 heterocycles. The van der Waals surface area contributed by atoms with Crippen molar-refractivity contribution in [3.05, 3.63) is 0 Å². The molecule has 0 spiro atoms. The first-order valence-corrected chi connectivity index (χ1v) is 10.5. The molecule has 0 radical (unpaired) electrons. The summed E-state index contributed by atoms with van der Waals surface area (Å²) in [6.45, 7) is 13.7. The van der Waals surface area contributed by atoms with E-state index in [0.29, 0.717) is 18.1 Å². The van der Waals surface area contributed by atoms with Crippen LogP contribution in [0.5, 0.6) is 0 Å². The molecule has 1 aliphatic carbocycles. The van der Waals surface area contributed by atoms with E-state index in [-0.39, 0.29) is 24.0 Å². The van der Waals surface area contributed by atoms with Crippen LogP contribution in [0.25, 0.3) is 0 Å². The van der Waals surface area contributed by atoms with Gasteiger partial charge < -0.3 is 10.6 Å². The zero-order valence-corrected chi connectivity index (χ0v) is 20.0. The molecule has 0 bridgehead atoms. The number of aliphatic imine (C=N–C) groups is 1. The summed E-state index contributed by atoms with van der Waals surface area (Å²) in [7, 11) is 1.88. The van der Waals surface area contributed by atoms with Gasteiger partial charge in [0, 0.05) is 57.4 Å². The highest BCUT2D eigenvalue weighted by Gasteiger charge is 2.30. The Bertz CT molecular complexity index is 399. The van der Waals surface area contributed by atoms with Crippen molar-refractivity contribution in [1.29, 1.82) is 0 Å². The van der Waals surface area contributed by atoms with Crippen molar-refractivity contribution in [2.24, 2.45) is 4.99 Å². The molecule has 2 fully saturated rings. The van der Waals surface area contributed by atoms with Gasteiger partial charge in [-0.1, -0.05) is 12.8 Å². The maximum absolute atomic E-state index is 4.42. The molecule has 1 unspecified atom stereocenters. The van der Waals surface area contributed by atoms with Crippen molar-refractivity contribution >= 4 is 29.9 Å². The maximum Gasteiger partial charge on any atom is 0.191 e. The van der Waals surface area contributed by atoms with Crippen molar-refractivity contribution in [2.75, 3.05) is 33.2 Å². The molecule has 2 rings (SSSR count). The SMILES string of the molecule is CN=C(NCCCN(C(C)C)C(C)C)NC1CCN(C2CCCC2)C1.I. The molecular weight excluding hydrogens is 437 g/mol. The van der Waals surface area contributed by atoms with E-state index < -0.39 is 0 Å². The molecular formula is C20H42IN5. The molecule has 1 saturated heterocycles. The largest absolute Gasteiger partial charge is 0.356 e. The summed E-state index contributed by atoms with van der Waals surface area (Å²) in [6, 6.07) is 2.62. The molecule has 2 N–H and O–H groups in total. The predicted octanol–water partition coefficient (Wildman–Crippen LogP) is 3.30. The van der Waals surface area contributed by atoms with Gasteiger partial charge in [0.15, 0.2) is 5.96 Å². The molecule has 154 valence electrons. The Balaban J connectivity index is 0.00000338. The molecule has 1 atom stereocenters. The third-order valence-electron chi connectivity index (χ3n) is 5.84. The van der Waals surface area contributed by atoms with Gasteiger partial charge in [-0.2, -0.15) is 0 Å². The van der Waals surface area contributed by atoms with Crippen LogP contribution in [0.4, 0.5) is 0 Å². The van der Waals surface area contributed by atoms with E-state index in [4.69, 9.17) is 0 Å². The highest BCUT2D eigenvalue weighted by Crippen LogP contribution is 2.26. The summed E-state index contributed by atoms with van der Waals surface area (Å²) in [5.41, 5.74) is 0. The molecule has 5 nitrogen and oxygen atoms in total. The standard InChI is InChI=1S/C20H41N5.HI/c1-16(2)25(17(3)4)13-8-12-22-20(21-5)23-18-11-14-24(15-18)19-9-6-7-10-19;/h16-19H,6-15H2,1-5H3,(H2,21,22,23);1H. The number of rotatable bonds is 8. The van der Waals surface area contributed by atoms with E-state index >= 15 is 0 Å². The van der Waals surface area contributed by atoms with Crippen molar-refractivity contribution in [2.45, 2.75) is 90.4 Å². The zero-order valence-electron chi connectivity index (χ0n) is 17.6. The third-order valence-corrected chi connectivity index (χ3v) is 5.84. The van der Waals surface area contributed by atoms with Crippen LogP contribution in [0, 0.1) is 0 Å². The molecule has 0 amide bonds. The number of guanidine groups is 1. The Morgan fingerprint density at radius 3 is 2.35 bits per heavy atom. The van der Waals surface area contributed by atoms with Gasteiger partial charge in [-0.25, -0.2) is 0 Å². The fraction of sp³-hybridized carbons (Fsp3) is 0.950. The van der Waals surface area contributed by atoms with Crippen LogP contribution in [0.1, 0.15) is 66.2 Å². The number of likely N-dealkylation sites (tertiary alicyclic amines) is 1. The van der Waals surface area contributed by atoms with Crippen LogP contribution in [0.15, 0.2) is 4.99 Å². The lowest BCUT2D eigenvalue weighted by atomic mass is 10.2. The second kappa shape index (κ2) is 12.4. The Morgan fingerprint density at radius 2 is 1.77 bits per heavy atom. The first-order chi connectivity index (χ1) is 12.0. The summed E-state index contributed by atoms with van der Waals surface area (Å²) in [5, 5.41) is 7.14. The van der Waals surface area contributed by atoms with E-state index in [9.17, 15) is 0 Å². The fourth-order valence-electron chi connectivity index (χ4n) is 4.48. The van der Waals surface area contributed by atoms with Gasteiger partial charge in [0.2, 0.25) is 0 Å². The van der Waals surface area contributed by atoms with Gasteiger partial charge in [0.25, 0.3) is 0 Å². The van der Waals surface area contributed by atoms with Crippen LogP contribution in [-0.4, -0.2) is 73.2 Å². The summed E-state index contributed by atoms with van der Waals surface area (Å²) in [5.74, 6) is 0.971. The van der Waals surface area contributed by atoms with Crippen molar-refractivity contribution in [1.82, 2.24) is 20.4 Å². The monoisotopic (exact) mass is 479 g/mol. The highest BCUT2D eigenvalue weighted by molar-refractivity contribution is 14.0. The van der Waals surface area contributed by atoms with Crippen LogP contribution < -0.4 is 10.6 Å². The summed E-state index contributed by atoms with van der Waals surface area (Å²) in [4.78, 5) is 9.67. The number of hydrogen-bond donors (Lipinski definition) is 2.